The highest BCUT2D eigenvalue weighted by Crippen LogP contribution is 2.34. The van der Waals surface area contributed by atoms with Gasteiger partial charge in [-0.3, -0.25) is 0 Å². The van der Waals surface area contributed by atoms with Crippen molar-refractivity contribution in [1.82, 2.24) is 4.98 Å². The molecule has 0 aromatic carbocycles. The molecule has 1 aromatic rings. The zero-order chi connectivity index (χ0) is 12.5. The van der Waals surface area contributed by atoms with E-state index in [9.17, 15) is 0 Å². The molecular weight excluding hydrogens is 222 g/mol. The molecule has 0 saturated heterocycles. The van der Waals surface area contributed by atoms with Gasteiger partial charge < -0.3 is 10.6 Å². The number of rotatable bonds is 4. The molecule has 3 rings (SSSR count). The highest BCUT2D eigenvalue weighted by molar-refractivity contribution is 5.52. The molecule has 0 spiro atoms. The lowest BCUT2D eigenvalue weighted by molar-refractivity contribution is 0.661. The van der Waals surface area contributed by atoms with Crippen LogP contribution in [0.25, 0.3) is 0 Å². The maximum absolute atomic E-state index is 5.93. The third-order valence-corrected chi connectivity index (χ3v) is 4.18. The predicted octanol–water partition coefficient (Wildman–Crippen LogP) is 2.41. The van der Waals surface area contributed by atoms with Crippen LogP contribution in [0.1, 0.15) is 49.4 Å². The molecule has 1 fully saturated rings. The Morgan fingerprint density at radius 1 is 1.33 bits per heavy atom. The Morgan fingerprint density at radius 2 is 2.11 bits per heavy atom. The van der Waals surface area contributed by atoms with E-state index in [-0.39, 0.29) is 0 Å². The summed E-state index contributed by atoms with van der Waals surface area (Å²) in [4.78, 5) is 7.42. The van der Waals surface area contributed by atoms with Crippen molar-refractivity contribution < 1.29 is 0 Å². The Morgan fingerprint density at radius 3 is 2.78 bits per heavy atom. The van der Waals surface area contributed by atoms with Crippen LogP contribution >= 0.6 is 0 Å². The second-order valence-electron chi connectivity index (χ2n) is 5.51. The zero-order valence-corrected chi connectivity index (χ0v) is 11.3. The van der Waals surface area contributed by atoms with Crippen molar-refractivity contribution in [3.63, 3.8) is 0 Å². The lowest BCUT2D eigenvalue weighted by Gasteiger charge is -2.27. The molecule has 3 heteroatoms. The van der Waals surface area contributed by atoms with Gasteiger partial charge in [-0.15, -0.1) is 0 Å². The maximum Gasteiger partial charge on any atom is 0.133 e. The molecule has 0 bridgehead atoms. The van der Waals surface area contributed by atoms with Gasteiger partial charge in [-0.05, 0) is 57.1 Å². The Hall–Kier alpha value is -1.09. The molecule has 98 valence electrons. The minimum absolute atomic E-state index is 0.610. The largest absolute Gasteiger partial charge is 0.354 e. The summed E-state index contributed by atoms with van der Waals surface area (Å²) in [5.74, 6) is 1.17. The second-order valence-corrected chi connectivity index (χ2v) is 5.51. The Balaban J connectivity index is 2.00. The topological polar surface area (TPSA) is 42.2 Å². The summed E-state index contributed by atoms with van der Waals surface area (Å²) in [6.45, 7) is 3.88. The van der Waals surface area contributed by atoms with Crippen molar-refractivity contribution in [1.29, 1.82) is 0 Å². The lowest BCUT2D eigenvalue weighted by Crippen LogP contribution is -2.28. The Labute approximate surface area is 109 Å². The number of hydrogen-bond acceptors (Lipinski definition) is 3. The van der Waals surface area contributed by atoms with E-state index in [0.717, 1.165) is 19.0 Å². The smallest absolute Gasteiger partial charge is 0.133 e. The number of aryl methyl sites for hydroxylation is 2. The summed E-state index contributed by atoms with van der Waals surface area (Å²) >= 11 is 0. The predicted molar refractivity (Wildman–Crippen MR) is 74.8 cm³/mol. The molecule has 0 atom stereocenters. The quantitative estimate of drug-likeness (QED) is 0.885. The minimum atomic E-state index is 0.610. The third-order valence-electron chi connectivity index (χ3n) is 4.18. The molecule has 18 heavy (non-hydrogen) atoms. The fourth-order valence-corrected chi connectivity index (χ4v) is 3.04. The summed E-state index contributed by atoms with van der Waals surface area (Å²) in [6.07, 6.45) is 7.56. The molecule has 2 aliphatic rings. The van der Waals surface area contributed by atoms with Gasteiger partial charge in [-0.25, -0.2) is 4.98 Å². The first-order valence-electron chi connectivity index (χ1n) is 7.32. The molecule has 0 unspecified atom stereocenters. The zero-order valence-electron chi connectivity index (χ0n) is 11.3. The fourth-order valence-electron chi connectivity index (χ4n) is 3.04. The van der Waals surface area contributed by atoms with Gasteiger partial charge in [0.2, 0.25) is 0 Å². The number of hydrogen-bond donors (Lipinski definition) is 1. The van der Waals surface area contributed by atoms with Crippen molar-refractivity contribution in [2.75, 3.05) is 11.4 Å². The fraction of sp³-hybridized carbons (Fsp3) is 0.667. The summed E-state index contributed by atoms with van der Waals surface area (Å²) in [6, 6.07) is 3.04. The third kappa shape index (κ3) is 2.12. The van der Waals surface area contributed by atoms with Crippen LogP contribution < -0.4 is 10.6 Å². The maximum atomic E-state index is 5.93. The number of nitrogens with two attached hydrogens (primary N) is 1. The van der Waals surface area contributed by atoms with Crippen LogP contribution in [0, 0.1) is 0 Å². The van der Waals surface area contributed by atoms with E-state index in [1.807, 2.05) is 0 Å². The van der Waals surface area contributed by atoms with E-state index in [4.69, 9.17) is 10.7 Å². The first-order chi connectivity index (χ1) is 8.83. The summed E-state index contributed by atoms with van der Waals surface area (Å²) < 4.78 is 0. The van der Waals surface area contributed by atoms with Crippen LogP contribution in [0.3, 0.4) is 0 Å². The summed E-state index contributed by atoms with van der Waals surface area (Å²) in [5, 5.41) is 0. The highest BCUT2D eigenvalue weighted by atomic mass is 15.2. The average Bonchev–Trinajstić information content (AvgIpc) is 3.23. The van der Waals surface area contributed by atoms with Crippen molar-refractivity contribution in [2.24, 2.45) is 5.73 Å². The number of anilines is 1. The highest BCUT2D eigenvalue weighted by Gasteiger charge is 2.30. The van der Waals surface area contributed by atoms with Crippen molar-refractivity contribution >= 4 is 5.82 Å². The normalized spacial score (nSPS) is 18.6. The van der Waals surface area contributed by atoms with Gasteiger partial charge in [0.25, 0.3) is 0 Å². The van der Waals surface area contributed by atoms with Gasteiger partial charge in [0.1, 0.15) is 5.82 Å². The summed E-state index contributed by atoms with van der Waals surface area (Å²) in [7, 11) is 0. The number of fused-ring (bicyclic) bond motifs is 1. The summed E-state index contributed by atoms with van der Waals surface area (Å²) in [5.41, 5.74) is 9.94. The number of pyridine rings is 1. The van der Waals surface area contributed by atoms with E-state index in [1.165, 1.54) is 54.7 Å². The van der Waals surface area contributed by atoms with Gasteiger partial charge in [-0.2, -0.15) is 0 Å². The molecule has 2 N–H and O–H groups in total. The first kappa shape index (κ1) is 12.0. The SMILES string of the molecule is CCN(c1nc2c(cc1CN)CCCC2)C1CC1. The van der Waals surface area contributed by atoms with Crippen LogP contribution in [0.5, 0.6) is 0 Å². The Kier molecular flexibility index (Phi) is 3.25. The molecule has 0 radical (unpaired) electrons. The van der Waals surface area contributed by atoms with Crippen molar-refractivity contribution in [2.45, 2.75) is 58.0 Å². The van der Waals surface area contributed by atoms with Crippen LogP contribution in [-0.4, -0.2) is 17.6 Å². The molecule has 0 amide bonds. The minimum Gasteiger partial charge on any atom is -0.354 e. The second kappa shape index (κ2) is 4.88. The monoisotopic (exact) mass is 245 g/mol. The Bertz CT molecular complexity index is 438. The average molecular weight is 245 g/mol. The van der Waals surface area contributed by atoms with Crippen LogP contribution in [0.15, 0.2) is 6.07 Å². The van der Waals surface area contributed by atoms with Gasteiger partial charge in [-0.1, -0.05) is 0 Å². The van der Waals surface area contributed by atoms with Crippen LogP contribution in [-0.2, 0) is 19.4 Å². The number of nitrogens with zero attached hydrogens (tertiary/aromatic N) is 2. The van der Waals surface area contributed by atoms with E-state index in [2.05, 4.69) is 17.9 Å². The van der Waals surface area contributed by atoms with Crippen LogP contribution in [0.2, 0.25) is 0 Å². The molecule has 1 heterocycles. The van der Waals surface area contributed by atoms with Gasteiger partial charge in [0.05, 0.1) is 0 Å². The van der Waals surface area contributed by atoms with Gasteiger partial charge in [0.15, 0.2) is 0 Å². The molecule has 2 aliphatic carbocycles. The van der Waals surface area contributed by atoms with Gasteiger partial charge in [0, 0.05) is 30.4 Å². The van der Waals surface area contributed by atoms with Crippen molar-refractivity contribution in [3.8, 4) is 0 Å². The van der Waals surface area contributed by atoms with E-state index in [0.29, 0.717) is 6.54 Å². The molecule has 0 aliphatic heterocycles. The molecule has 1 saturated carbocycles. The molecule has 1 aromatic heterocycles. The van der Waals surface area contributed by atoms with E-state index in [1.54, 1.807) is 0 Å². The molecule has 3 nitrogen and oxygen atoms in total. The van der Waals surface area contributed by atoms with E-state index >= 15 is 0 Å². The van der Waals surface area contributed by atoms with Crippen molar-refractivity contribution in [3.05, 3.63) is 22.9 Å². The van der Waals surface area contributed by atoms with Gasteiger partial charge >= 0.3 is 0 Å². The standard InChI is InChI=1S/C15H23N3/c1-2-18(13-7-8-13)15-12(10-16)9-11-5-3-4-6-14(11)17-15/h9,13H,2-8,10,16H2,1H3. The van der Waals surface area contributed by atoms with E-state index < -0.39 is 0 Å². The lowest BCUT2D eigenvalue weighted by atomic mass is 9.94. The first-order valence-corrected chi connectivity index (χ1v) is 7.32. The number of aromatic nitrogens is 1. The van der Waals surface area contributed by atoms with Crippen LogP contribution in [0.4, 0.5) is 5.82 Å². The molecular formula is C15H23N3.